The SMILES string of the molecule is COc1nc(-n2cccn2)c(Cl)cc1NC(=O)Nc1cnc2sc(C)nc2c1C(C)OC. The van der Waals surface area contributed by atoms with Gasteiger partial charge in [-0.25, -0.2) is 19.4 Å². The predicted molar refractivity (Wildman–Crippen MR) is 123 cm³/mol. The molecule has 0 aromatic carbocycles. The number of ether oxygens (including phenoxy) is 2. The fraction of sp³-hybridized carbons (Fsp3) is 0.250. The number of rotatable bonds is 6. The van der Waals surface area contributed by atoms with E-state index in [1.807, 2.05) is 13.8 Å². The van der Waals surface area contributed by atoms with E-state index in [4.69, 9.17) is 21.1 Å². The Morgan fingerprint density at radius 3 is 2.72 bits per heavy atom. The number of halogens is 1. The van der Waals surface area contributed by atoms with Gasteiger partial charge >= 0.3 is 6.03 Å². The molecule has 0 saturated heterocycles. The molecule has 0 radical (unpaired) electrons. The summed E-state index contributed by atoms with van der Waals surface area (Å²) in [6, 6.07) is 2.77. The smallest absolute Gasteiger partial charge is 0.323 e. The number of aromatic nitrogens is 5. The molecule has 10 nitrogen and oxygen atoms in total. The third-order valence-electron chi connectivity index (χ3n) is 4.67. The number of nitrogens with one attached hydrogen (secondary N) is 2. The lowest BCUT2D eigenvalue weighted by atomic mass is 10.1. The van der Waals surface area contributed by atoms with Gasteiger partial charge in [0, 0.05) is 25.1 Å². The Bertz CT molecular complexity index is 1280. The number of hydrogen-bond acceptors (Lipinski definition) is 8. The number of amides is 2. The van der Waals surface area contributed by atoms with Crippen LogP contribution < -0.4 is 15.4 Å². The summed E-state index contributed by atoms with van der Waals surface area (Å²) in [6.07, 6.45) is 4.59. The Hall–Kier alpha value is -3.28. The largest absolute Gasteiger partial charge is 0.479 e. The van der Waals surface area contributed by atoms with Gasteiger partial charge in [-0.2, -0.15) is 10.1 Å². The quantitative estimate of drug-likeness (QED) is 0.420. The second-order valence-electron chi connectivity index (χ2n) is 6.73. The maximum atomic E-state index is 12.8. The van der Waals surface area contributed by atoms with Crippen LogP contribution in [0.1, 0.15) is 23.6 Å². The van der Waals surface area contributed by atoms with Gasteiger partial charge in [0.05, 0.1) is 35.1 Å². The molecule has 4 heterocycles. The minimum absolute atomic E-state index is 0.184. The van der Waals surface area contributed by atoms with Gasteiger partial charge in [-0.05, 0) is 26.0 Å². The topological polar surface area (TPSA) is 116 Å². The van der Waals surface area contributed by atoms with Crippen LogP contribution in [0.2, 0.25) is 5.02 Å². The number of pyridine rings is 2. The first-order chi connectivity index (χ1) is 15.4. The van der Waals surface area contributed by atoms with Crippen molar-refractivity contribution in [2.24, 2.45) is 0 Å². The lowest BCUT2D eigenvalue weighted by Crippen LogP contribution is -2.22. The molecule has 32 heavy (non-hydrogen) atoms. The van der Waals surface area contributed by atoms with E-state index in [2.05, 4.69) is 30.7 Å². The Labute approximate surface area is 192 Å². The van der Waals surface area contributed by atoms with Crippen molar-refractivity contribution in [3.63, 3.8) is 0 Å². The minimum Gasteiger partial charge on any atom is -0.479 e. The minimum atomic E-state index is -0.523. The van der Waals surface area contributed by atoms with Gasteiger partial charge in [-0.3, -0.25) is 0 Å². The fourth-order valence-electron chi connectivity index (χ4n) is 3.17. The average molecular weight is 474 g/mol. The van der Waals surface area contributed by atoms with Gasteiger partial charge < -0.3 is 20.1 Å². The zero-order valence-electron chi connectivity index (χ0n) is 17.7. The third-order valence-corrected chi connectivity index (χ3v) is 5.82. The number of fused-ring (bicyclic) bond motifs is 1. The highest BCUT2D eigenvalue weighted by molar-refractivity contribution is 7.18. The first kappa shape index (κ1) is 21.9. The lowest BCUT2D eigenvalue weighted by molar-refractivity contribution is 0.121. The van der Waals surface area contributed by atoms with Crippen molar-refractivity contribution in [3.05, 3.63) is 46.3 Å². The van der Waals surface area contributed by atoms with Gasteiger partial charge in [-0.15, -0.1) is 0 Å². The summed E-state index contributed by atoms with van der Waals surface area (Å²) in [5.41, 5.74) is 2.23. The number of anilines is 2. The van der Waals surface area contributed by atoms with Crippen molar-refractivity contribution in [1.29, 1.82) is 0 Å². The summed E-state index contributed by atoms with van der Waals surface area (Å²) in [4.78, 5) is 26.9. The third kappa shape index (κ3) is 4.22. The molecular formula is C20H20ClN7O3S. The summed E-state index contributed by atoms with van der Waals surface area (Å²) in [7, 11) is 3.05. The molecule has 2 N–H and O–H groups in total. The van der Waals surface area contributed by atoms with Crippen molar-refractivity contribution in [1.82, 2.24) is 24.7 Å². The summed E-state index contributed by atoms with van der Waals surface area (Å²) in [5, 5.41) is 10.8. The van der Waals surface area contributed by atoms with Crippen molar-refractivity contribution >= 4 is 50.7 Å². The van der Waals surface area contributed by atoms with Gasteiger partial charge in [0.25, 0.3) is 0 Å². The summed E-state index contributed by atoms with van der Waals surface area (Å²) in [5.74, 6) is 0.563. The first-order valence-corrected chi connectivity index (χ1v) is 10.7. The monoisotopic (exact) mass is 473 g/mol. The molecule has 4 aromatic rings. The number of urea groups is 1. The Balaban J connectivity index is 1.63. The molecule has 0 aliphatic carbocycles. The maximum absolute atomic E-state index is 12.8. The number of thiazole rings is 1. The Kier molecular flexibility index (Phi) is 6.21. The molecule has 1 atom stereocenters. The number of hydrogen-bond donors (Lipinski definition) is 2. The second kappa shape index (κ2) is 9.07. The molecule has 166 valence electrons. The number of nitrogens with zero attached hydrogens (tertiary/aromatic N) is 5. The van der Waals surface area contributed by atoms with Crippen LogP contribution in [0.3, 0.4) is 0 Å². The Morgan fingerprint density at radius 2 is 2.03 bits per heavy atom. The van der Waals surface area contributed by atoms with E-state index in [-0.39, 0.29) is 12.0 Å². The van der Waals surface area contributed by atoms with E-state index < -0.39 is 6.03 Å². The Morgan fingerprint density at radius 1 is 1.25 bits per heavy atom. The van der Waals surface area contributed by atoms with Crippen LogP contribution in [-0.2, 0) is 4.74 Å². The first-order valence-electron chi connectivity index (χ1n) is 9.52. The average Bonchev–Trinajstić information content (AvgIpc) is 3.42. The van der Waals surface area contributed by atoms with Gasteiger partial charge in [0.2, 0.25) is 5.88 Å². The number of aryl methyl sites for hydroxylation is 1. The van der Waals surface area contributed by atoms with E-state index in [1.54, 1.807) is 37.8 Å². The fourth-order valence-corrected chi connectivity index (χ4v) is 4.18. The zero-order chi connectivity index (χ0) is 22.8. The molecule has 4 aromatic heterocycles. The van der Waals surface area contributed by atoms with E-state index >= 15 is 0 Å². The summed E-state index contributed by atoms with van der Waals surface area (Å²) < 4.78 is 12.3. The molecule has 12 heteroatoms. The molecule has 0 aliphatic rings. The molecule has 0 bridgehead atoms. The molecule has 4 rings (SSSR count). The van der Waals surface area contributed by atoms with E-state index in [0.29, 0.717) is 27.7 Å². The highest BCUT2D eigenvalue weighted by Gasteiger charge is 2.21. The van der Waals surface area contributed by atoms with Gasteiger partial charge in [-0.1, -0.05) is 22.9 Å². The van der Waals surface area contributed by atoms with Crippen molar-refractivity contribution in [2.75, 3.05) is 24.9 Å². The maximum Gasteiger partial charge on any atom is 0.323 e. The van der Waals surface area contributed by atoms with Gasteiger partial charge in [0.1, 0.15) is 16.0 Å². The lowest BCUT2D eigenvalue weighted by Gasteiger charge is -2.17. The molecule has 0 spiro atoms. The molecular weight excluding hydrogens is 454 g/mol. The second-order valence-corrected chi connectivity index (χ2v) is 8.32. The molecule has 0 saturated carbocycles. The van der Waals surface area contributed by atoms with Crippen LogP contribution in [-0.4, -0.2) is 45.0 Å². The van der Waals surface area contributed by atoms with Crippen LogP contribution in [0.5, 0.6) is 5.88 Å². The molecule has 0 aliphatic heterocycles. The molecule has 1 unspecified atom stereocenters. The highest BCUT2D eigenvalue weighted by atomic mass is 35.5. The normalized spacial score (nSPS) is 12.0. The predicted octanol–water partition coefficient (Wildman–Crippen LogP) is 4.59. The van der Waals surface area contributed by atoms with E-state index in [9.17, 15) is 4.79 Å². The van der Waals surface area contributed by atoms with Crippen LogP contribution in [0, 0.1) is 6.92 Å². The van der Waals surface area contributed by atoms with Crippen molar-refractivity contribution in [3.8, 4) is 11.7 Å². The zero-order valence-corrected chi connectivity index (χ0v) is 19.3. The number of carbonyl (C=O) groups is 1. The molecule has 2 amide bonds. The summed E-state index contributed by atoms with van der Waals surface area (Å²) in [6.45, 7) is 3.79. The van der Waals surface area contributed by atoms with Crippen molar-refractivity contribution in [2.45, 2.75) is 20.0 Å². The van der Waals surface area contributed by atoms with Crippen LogP contribution >= 0.6 is 22.9 Å². The van der Waals surface area contributed by atoms with Crippen LogP contribution in [0.25, 0.3) is 16.2 Å². The van der Waals surface area contributed by atoms with Gasteiger partial charge in [0.15, 0.2) is 5.82 Å². The number of carbonyl (C=O) groups excluding carboxylic acids is 1. The number of methoxy groups -OCH3 is 2. The van der Waals surface area contributed by atoms with Crippen molar-refractivity contribution < 1.29 is 14.3 Å². The molecule has 0 fully saturated rings. The van der Waals surface area contributed by atoms with Crippen LogP contribution in [0.15, 0.2) is 30.7 Å². The standard InChI is InChI=1S/C20H20ClN7O3S/c1-10(30-3)15-14(9-22-19-16(15)24-11(2)32-19)26-20(29)25-13-8-12(21)17(27-18(13)31-4)28-7-5-6-23-28/h5-10H,1-4H3,(H2,25,26,29). The van der Waals surface area contributed by atoms with E-state index in [0.717, 1.165) is 15.4 Å². The summed E-state index contributed by atoms with van der Waals surface area (Å²) >= 11 is 7.84. The van der Waals surface area contributed by atoms with Crippen LogP contribution in [0.4, 0.5) is 16.2 Å². The van der Waals surface area contributed by atoms with E-state index in [1.165, 1.54) is 23.1 Å². The highest BCUT2D eigenvalue weighted by Crippen LogP contribution is 2.34.